The molecule has 1 atom stereocenters. The minimum Gasteiger partial charge on any atom is -0.352 e. The second-order valence-corrected chi connectivity index (χ2v) is 9.34. The molecule has 0 spiro atoms. The zero-order chi connectivity index (χ0) is 22.9. The van der Waals surface area contributed by atoms with Crippen LogP contribution in [0.4, 0.5) is 0 Å². The summed E-state index contributed by atoms with van der Waals surface area (Å²) in [7, 11) is 0. The molecule has 0 radical (unpaired) electrons. The number of carbonyl (C=O) groups excluding carboxylic acids is 2. The summed E-state index contributed by atoms with van der Waals surface area (Å²) in [5, 5.41) is 4.12. The lowest BCUT2D eigenvalue weighted by atomic mass is 9.95. The molecule has 172 valence electrons. The maximum Gasteiger partial charge on any atom is 0.243 e. The average Bonchev–Trinajstić information content (AvgIpc) is 2.81. The van der Waals surface area contributed by atoms with Gasteiger partial charge in [0.2, 0.25) is 11.8 Å². The SMILES string of the molecule is CC[C@H](C(=O)NC1CCCCC1)N(Cc1ccc(Cl)c(Cl)c1)C(=O)CCc1ccccc1. The van der Waals surface area contributed by atoms with E-state index in [0.717, 1.165) is 36.8 Å². The molecule has 0 bridgehead atoms. The van der Waals surface area contributed by atoms with Crippen LogP contribution in [-0.2, 0) is 22.6 Å². The molecule has 1 aliphatic carbocycles. The highest BCUT2D eigenvalue weighted by Gasteiger charge is 2.30. The zero-order valence-electron chi connectivity index (χ0n) is 18.7. The number of hydrogen-bond acceptors (Lipinski definition) is 2. The summed E-state index contributed by atoms with van der Waals surface area (Å²) in [6.45, 7) is 2.28. The molecule has 1 N–H and O–H groups in total. The smallest absolute Gasteiger partial charge is 0.243 e. The first-order chi connectivity index (χ1) is 15.5. The zero-order valence-corrected chi connectivity index (χ0v) is 20.2. The molecule has 1 fully saturated rings. The fraction of sp³-hybridized carbons (Fsp3) is 0.462. The monoisotopic (exact) mass is 474 g/mol. The van der Waals surface area contributed by atoms with Gasteiger partial charge in [0.05, 0.1) is 10.0 Å². The fourth-order valence-electron chi connectivity index (χ4n) is 4.34. The van der Waals surface area contributed by atoms with Gasteiger partial charge in [-0.15, -0.1) is 0 Å². The van der Waals surface area contributed by atoms with E-state index in [1.54, 1.807) is 17.0 Å². The predicted octanol–water partition coefficient (Wildman–Crippen LogP) is 6.18. The number of rotatable bonds is 9. The molecule has 3 rings (SSSR count). The van der Waals surface area contributed by atoms with Crippen LogP contribution in [0.15, 0.2) is 48.5 Å². The normalized spacial score (nSPS) is 15.2. The largest absolute Gasteiger partial charge is 0.352 e. The number of halogens is 2. The van der Waals surface area contributed by atoms with Gasteiger partial charge in [-0.1, -0.05) is 85.8 Å². The fourth-order valence-corrected chi connectivity index (χ4v) is 4.66. The van der Waals surface area contributed by atoms with Crippen LogP contribution >= 0.6 is 23.2 Å². The van der Waals surface area contributed by atoms with Crippen LogP contribution in [0, 0.1) is 0 Å². The Morgan fingerprint density at radius 2 is 1.72 bits per heavy atom. The van der Waals surface area contributed by atoms with Crippen LogP contribution in [0.1, 0.15) is 63.0 Å². The first kappa shape index (κ1) is 24.6. The first-order valence-electron chi connectivity index (χ1n) is 11.6. The molecule has 6 heteroatoms. The summed E-state index contributed by atoms with van der Waals surface area (Å²) in [4.78, 5) is 28.3. The summed E-state index contributed by atoms with van der Waals surface area (Å²) in [5.41, 5.74) is 1.96. The number of benzene rings is 2. The van der Waals surface area contributed by atoms with Gasteiger partial charge in [-0.2, -0.15) is 0 Å². The van der Waals surface area contributed by atoms with E-state index in [0.29, 0.717) is 35.9 Å². The van der Waals surface area contributed by atoms with Crippen molar-refractivity contribution < 1.29 is 9.59 Å². The highest BCUT2D eigenvalue weighted by atomic mass is 35.5. The number of amides is 2. The van der Waals surface area contributed by atoms with E-state index < -0.39 is 6.04 Å². The standard InChI is InChI=1S/C26H32Cl2N2O2/c1-2-24(26(32)29-21-11-7-4-8-12-21)30(18-20-13-15-22(27)23(28)17-20)25(31)16-14-19-9-5-3-6-10-19/h3,5-6,9-10,13,15,17,21,24H,2,4,7-8,11-12,14,16,18H2,1H3,(H,29,32)/t24-/m1/s1. The molecule has 2 amide bonds. The number of nitrogens with zero attached hydrogens (tertiary/aromatic N) is 1. The average molecular weight is 475 g/mol. The lowest BCUT2D eigenvalue weighted by molar-refractivity contribution is -0.141. The van der Waals surface area contributed by atoms with Crippen molar-refractivity contribution in [3.63, 3.8) is 0 Å². The highest BCUT2D eigenvalue weighted by Crippen LogP contribution is 2.25. The quantitative estimate of drug-likeness (QED) is 0.471. The maximum atomic E-state index is 13.4. The van der Waals surface area contributed by atoms with Crippen molar-refractivity contribution in [3.8, 4) is 0 Å². The Morgan fingerprint density at radius 1 is 1.00 bits per heavy atom. The first-order valence-corrected chi connectivity index (χ1v) is 12.3. The van der Waals surface area contributed by atoms with Gasteiger partial charge in [0.1, 0.15) is 6.04 Å². The van der Waals surface area contributed by atoms with Crippen molar-refractivity contribution >= 4 is 35.0 Å². The summed E-state index contributed by atoms with van der Waals surface area (Å²) >= 11 is 12.3. The maximum absolute atomic E-state index is 13.4. The Bertz CT molecular complexity index is 898. The number of carbonyl (C=O) groups is 2. The minimum atomic E-state index is -0.519. The molecule has 0 aromatic heterocycles. The summed E-state index contributed by atoms with van der Waals surface area (Å²) < 4.78 is 0. The lowest BCUT2D eigenvalue weighted by Crippen LogP contribution is -2.51. The predicted molar refractivity (Wildman–Crippen MR) is 131 cm³/mol. The van der Waals surface area contributed by atoms with Crippen LogP contribution in [0.5, 0.6) is 0 Å². The Labute approximate surface area is 201 Å². The number of nitrogens with one attached hydrogen (secondary N) is 1. The van der Waals surface area contributed by atoms with Gasteiger partial charge in [-0.3, -0.25) is 9.59 Å². The highest BCUT2D eigenvalue weighted by molar-refractivity contribution is 6.42. The molecular formula is C26H32Cl2N2O2. The van der Waals surface area contributed by atoms with Crippen molar-refractivity contribution in [1.82, 2.24) is 10.2 Å². The van der Waals surface area contributed by atoms with Crippen molar-refractivity contribution in [1.29, 1.82) is 0 Å². The van der Waals surface area contributed by atoms with Crippen molar-refractivity contribution in [2.24, 2.45) is 0 Å². The number of hydrogen-bond donors (Lipinski definition) is 1. The van der Waals surface area contributed by atoms with Crippen LogP contribution in [-0.4, -0.2) is 28.8 Å². The van der Waals surface area contributed by atoms with Gasteiger partial charge in [-0.05, 0) is 48.9 Å². The van der Waals surface area contributed by atoms with Gasteiger partial charge >= 0.3 is 0 Å². The van der Waals surface area contributed by atoms with Crippen LogP contribution in [0.3, 0.4) is 0 Å². The lowest BCUT2D eigenvalue weighted by Gasteiger charge is -2.33. The van der Waals surface area contributed by atoms with Gasteiger partial charge in [0.25, 0.3) is 0 Å². The third-order valence-electron chi connectivity index (χ3n) is 6.14. The third kappa shape index (κ3) is 6.98. The Balaban J connectivity index is 1.77. The molecule has 2 aromatic carbocycles. The van der Waals surface area contributed by atoms with E-state index in [-0.39, 0.29) is 17.9 Å². The molecule has 0 unspecified atom stereocenters. The van der Waals surface area contributed by atoms with Crippen molar-refractivity contribution in [3.05, 3.63) is 69.7 Å². The Kier molecular flexibility index (Phi) is 9.43. The van der Waals surface area contributed by atoms with E-state index in [4.69, 9.17) is 23.2 Å². The van der Waals surface area contributed by atoms with E-state index in [2.05, 4.69) is 5.32 Å². The van der Waals surface area contributed by atoms with Crippen LogP contribution in [0.2, 0.25) is 10.0 Å². The molecular weight excluding hydrogens is 443 g/mol. The van der Waals surface area contributed by atoms with E-state index >= 15 is 0 Å². The molecule has 2 aromatic rings. The van der Waals surface area contributed by atoms with Gasteiger partial charge in [0.15, 0.2) is 0 Å². The summed E-state index contributed by atoms with van der Waals surface area (Å²) in [5.74, 6) is -0.0990. The summed E-state index contributed by atoms with van der Waals surface area (Å²) in [6.07, 6.45) is 7.07. The topological polar surface area (TPSA) is 49.4 Å². The Morgan fingerprint density at radius 3 is 2.38 bits per heavy atom. The molecule has 0 aliphatic heterocycles. The van der Waals surface area contributed by atoms with Crippen LogP contribution in [0.25, 0.3) is 0 Å². The van der Waals surface area contributed by atoms with Crippen LogP contribution < -0.4 is 5.32 Å². The molecule has 1 aliphatic rings. The Hall–Kier alpha value is -2.04. The third-order valence-corrected chi connectivity index (χ3v) is 6.88. The van der Waals surface area contributed by atoms with E-state index in [1.807, 2.05) is 43.3 Å². The minimum absolute atomic E-state index is 0.0365. The van der Waals surface area contributed by atoms with E-state index in [1.165, 1.54) is 6.42 Å². The molecule has 1 saturated carbocycles. The van der Waals surface area contributed by atoms with Gasteiger partial charge < -0.3 is 10.2 Å². The van der Waals surface area contributed by atoms with Gasteiger partial charge in [0, 0.05) is 19.0 Å². The van der Waals surface area contributed by atoms with Crippen molar-refractivity contribution in [2.75, 3.05) is 0 Å². The molecule has 0 heterocycles. The van der Waals surface area contributed by atoms with Gasteiger partial charge in [-0.25, -0.2) is 0 Å². The second kappa shape index (κ2) is 12.3. The summed E-state index contributed by atoms with van der Waals surface area (Å²) in [6, 6.07) is 15.0. The number of aryl methyl sites for hydroxylation is 1. The molecule has 0 saturated heterocycles. The van der Waals surface area contributed by atoms with Crippen molar-refractivity contribution in [2.45, 2.75) is 76.9 Å². The second-order valence-electron chi connectivity index (χ2n) is 8.52. The molecule has 32 heavy (non-hydrogen) atoms. The molecule has 4 nitrogen and oxygen atoms in total. The van der Waals surface area contributed by atoms with E-state index in [9.17, 15) is 9.59 Å².